The Bertz CT molecular complexity index is 937. The standard InChI is InChI=1S/C19H24N2O5S/c1-5-21(6-2)27(24,25)18-12-14(8-10-17(18)26-4)19(23)20-15-9-7-13(3)11-16(15)22/h7-12,22H,5-6H2,1-4H3,(H,20,23). The van der Waals surface area contributed by atoms with Crippen molar-refractivity contribution in [1.82, 2.24) is 4.31 Å². The summed E-state index contributed by atoms with van der Waals surface area (Å²) < 4.78 is 32.2. The van der Waals surface area contributed by atoms with Crippen LogP contribution < -0.4 is 10.1 Å². The van der Waals surface area contributed by atoms with Crippen LogP contribution in [0.25, 0.3) is 0 Å². The number of phenolic OH excluding ortho intramolecular Hbond substituents is 1. The van der Waals surface area contributed by atoms with E-state index in [1.165, 1.54) is 35.7 Å². The zero-order valence-electron chi connectivity index (χ0n) is 15.8. The van der Waals surface area contributed by atoms with E-state index in [1.807, 2.05) is 6.92 Å². The molecule has 0 heterocycles. The number of hydrogen-bond acceptors (Lipinski definition) is 5. The minimum absolute atomic E-state index is 0.0622. The molecule has 2 rings (SSSR count). The fourth-order valence-electron chi connectivity index (χ4n) is 2.66. The zero-order valence-corrected chi connectivity index (χ0v) is 16.6. The Kier molecular flexibility index (Phi) is 6.45. The molecule has 0 aromatic heterocycles. The lowest BCUT2D eigenvalue weighted by atomic mass is 10.1. The van der Waals surface area contributed by atoms with E-state index in [0.29, 0.717) is 13.1 Å². The summed E-state index contributed by atoms with van der Waals surface area (Å²) in [4.78, 5) is 12.5. The van der Waals surface area contributed by atoms with Gasteiger partial charge in [0.25, 0.3) is 5.91 Å². The molecule has 0 unspecified atom stereocenters. The Morgan fingerprint density at radius 2 is 1.81 bits per heavy atom. The Morgan fingerprint density at radius 1 is 1.15 bits per heavy atom. The van der Waals surface area contributed by atoms with Gasteiger partial charge in [-0.15, -0.1) is 0 Å². The van der Waals surface area contributed by atoms with Crippen molar-refractivity contribution in [3.63, 3.8) is 0 Å². The molecule has 2 aromatic rings. The van der Waals surface area contributed by atoms with Crippen molar-refractivity contribution in [2.45, 2.75) is 25.7 Å². The lowest BCUT2D eigenvalue weighted by molar-refractivity contribution is 0.102. The number of amides is 1. The van der Waals surface area contributed by atoms with Crippen molar-refractivity contribution in [3.8, 4) is 11.5 Å². The molecule has 0 aliphatic rings. The van der Waals surface area contributed by atoms with Gasteiger partial charge in [0.15, 0.2) is 0 Å². The number of carbonyl (C=O) groups excluding carboxylic acids is 1. The summed E-state index contributed by atoms with van der Waals surface area (Å²) in [5.41, 5.74) is 1.23. The summed E-state index contributed by atoms with van der Waals surface area (Å²) in [6, 6.07) is 9.06. The Balaban J connectivity index is 2.43. The fourth-order valence-corrected chi connectivity index (χ4v) is 4.30. The highest BCUT2D eigenvalue weighted by atomic mass is 32.2. The summed E-state index contributed by atoms with van der Waals surface area (Å²) in [5.74, 6) is -0.433. The molecule has 0 bridgehead atoms. The third kappa shape index (κ3) is 4.40. The lowest BCUT2D eigenvalue weighted by Crippen LogP contribution is -2.31. The van der Waals surface area contributed by atoms with E-state index in [-0.39, 0.29) is 27.6 Å². The smallest absolute Gasteiger partial charge is 0.255 e. The van der Waals surface area contributed by atoms with Crippen LogP contribution in [0.5, 0.6) is 11.5 Å². The largest absolute Gasteiger partial charge is 0.506 e. The molecule has 27 heavy (non-hydrogen) atoms. The number of carbonyl (C=O) groups is 1. The molecule has 2 aromatic carbocycles. The van der Waals surface area contributed by atoms with Crippen LogP contribution >= 0.6 is 0 Å². The van der Waals surface area contributed by atoms with Gasteiger partial charge in [0.2, 0.25) is 10.0 Å². The molecule has 0 aliphatic carbocycles. The summed E-state index contributed by atoms with van der Waals surface area (Å²) in [5, 5.41) is 12.5. The quantitative estimate of drug-likeness (QED) is 0.706. The van der Waals surface area contributed by atoms with Crippen LogP contribution in [-0.2, 0) is 10.0 Å². The SMILES string of the molecule is CCN(CC)S(=O)(=O)c1cc(C(=O)Nc2ccc(C)cc2O)ccc1OC. The predicted octanol–water partition coefficient (Wildman–Crippen LogP) is 2.99. The van der Waals surface area contributed by atoms with Crippen LogP contribution in [0.2, 0.25) is 0 Å². The maximum absolute atomic E-state index is 12.9. The number of phenols is 1. The van der Waals surface area contributed by atoms with Gasteiger partial charge in [-0.25, -0.2) is 8.42 Å². The van der Waals surface area contributed by atoms with Gasteiger partial charge in [0, 0.05) is 18.7 Å². The second-order valence-corrected chi connectivity index (χ2v) is 7.84. The highest BCUT2D eigenvalue weighted by Gasteiger charge is 2.27. The van der Waals surface area contributed by atoms with Crippen LogP contribution in [0, 0.1) is 6.92 Å². The first-order valence-corrected chi connectivity index (χ1v) is 9.97. The van der Waals surface area contributed by atoms with E-state index in [2.05, 4.69) is 5.32 Å². The molecule has 0 saturated heterocycles. The number of rotatable bonds is 7. The van der Waals surface area contributed by atoms with Crippen molar-refractivity contribution >= 4 is 21.6 Å². The first-order valence-electron chi connectivity index (χ1n) is 8.53. The predicted molar refractivity (Wildman–Crippen MR) is 104 cm³/mol. The van der Waals surface area contributed by atoms with E-state index in [9.17, 15) is 18.3 Å². The van der Waals surface area contributed by atoms with Crippen molar-refractivity contribution in [1.29, 1.82) is 0 Å². The van der Waals surface area contributed by atoms with Gasteiger partial charge in [0.05, 0.1) is 12.8 Å². The summed E-state index contributed by atoms with van der Waals surface area (Å²) >= 11 is 0. The number of ether oxygens (including phenoxy) is 1. The zero-order chi connectivity index (χ0) is 20.2. The number of benzene rings is 2. The van der Waals surface area contributed by atoms with Gasteiger partial charge in [-0.2, -0.15) is 4.31 Å². The van der Waals surface area contributed by atoms with Gasteiger partial charge in [-0.1, -0.05) is 19.9 Å². The average molecular weight is 392 g/mol. The van der Waals surface area contributed by atoms with E-state index < -0.39 is 15.9 Å². The van der Waals surface area contributed by atoms with Crippen LogP contribution in [-0.4, -0.2) is 43.9 Å². The van der Waals surface area contributed by atoms with Crippen LogP contribution in [0.15, 0.2) is 41.3 Å². The number of nitrogens with one attached hydrogen (secondary N) is 1. The molecule has 0 spiro atoms. The van der Waals surface area contributed by atoms with Gasteiger partial charge >= 0.3 is 0 Å². The monoisotopic (exact) mass is 392 g/mol. The minimum Gasteiger partial charge on any atom is -0.506 e. The van der Waals surface area contributed by atoms with Crippen LogP contribution in [0.4, 0.5) is 5.69 Å². The molecule has 0 radical (unpaired) electrons. The van der Waals surface area contributed by atoms with E-state index in [0.717, 1.165) is 5.56 Å². The molecule has 1 amide bonds. The van der Waals surface area contributed by atoms with E-state index in [1.54, 1.807) is 26.0 Å². The normalized spacial score (nSPS) is 11.4. The molecular weight excluding hydrogens is 368 g/mol. The molecule has 0 fully saturated rings. The molecule has 146 valence electrons. The number of methoxy groups -OCH3 is 1. The van der Waals surface area contributed by atoms with Crippen LogP contribution in [0.3, 0.4) is 0 Å². The van der Waals surface area contributed by atoms with Crippen LogP contribution in [0.1, 0.15) is 29.8 Å². The highest BCUT2D eigenvalue weighted by Crippen LogP contribution is 2.29. The molecular formula is C19H24N2O5S. The second kappa shape index (κ2) is 8.41. The summed E-state index contributed by atoms with van der Waals surface area (Å²) in [6.07, 6.45) is 0. The first kappa shape index (κ1) is 20.7. The number of hydrogen-bond donors (Lipinski definition) is 2. The lowest BCUT2D eigenvalue weighted by Gasteiger charge is -2.20. The first-order chi connectivity index (χ1) is 12.7. The Labute approximate surface area is 159 Å². The summed E-state index contributed by atoms with van der Waals surface area (Å²) in [6.45, 7) is 5.90. The maximum atomic E-state index is 12.9. The van der Waals surface area contributed by atoms with Crippen molar-refractivity contribution < 1.29 is 23.1 Å². The molecule has 0 atom stereocenters. The molecule has 8 heteroatoms. The maximum Gasteiger partial charge on any atom is 0.255 e. The second-order valence-electron chi connectivity index (χ2n) is 5.93. The minimum atomic E-state index is -3.81. The summed E-state index contributed by atoms with van der Waals surface area (Å²) in [7, 11) is -2.43. The third-order valence-electron chi connectivity index (χ3n) is 4.15. The topological polar surface area (TPSA) is 95.9 Å². The number of aromatic hydroxyl groups is 1. The highest BCUT2D eigenvalue weighted by molar-refractivity contribution is 7.89. The number of nitrogens with zero attached hydrogens (tertiary/aromatic N) is 1. The van der Waals surface area contributed by atoms with Crippen molar-refractivity contribution in [2.24, 2.45) is 0 Å². The molecule has 0 saturated carbocycles. The number of sulfonamides is 1. The Morgan fingerprint density at radius 3 is 2.37 bits per heavy atom. The molecule has 0 aliphatic heterocycles. The van der Waals surface area contributed by atoms with Gasteiger partial charge in [-0.3, -0.25) is 4.79 Å². The van der Waals surface area contributed by atoms with E-state index in [4.69, 9.17) is 4.74 Å². The average Bonchev–Trinajstić information content (AvgIpc) is 2.64. The van der Waals surface area contributed by atoms with Crippen molar-refractivity contribution in [2.75, 3.05) is 25.5 Å². The number of aryl methyl sites for hydroxylation is 1. The van der Waals surface area contributed by atoms with Gasteiger partial charge in [-0.05, 0) is 42.8 Å². The third-order valence-corrected chi connectivity index (χ3v) is 6.22. The molecule has 7 nitrogen and oxygen atoms in total. The van der Waals surface area contributed by atoms with E-state index >= 15 is 0 Å². The van der Waals surface area contributed by atoms with Gasteiger partial charge in [0.1, 0.15) is 16.4 Å². The number of anilines is 1. The molecule has 2 N–H and O–H groups in total. The Hall–Kier alpha value is -2.58. The van der Waals surface area contributed by atoms with Gasteiger partial charge < -0.3 is 15.2 Å². The fraction of sp³-hybridized carbons (Fsp3) is 0.316. The van der Waals surface area contributed by atoms with Crippen molar-refractivity contribution in [3.05, 3.63) is 47.5 Å².